The van der Waals surface area contributed by atoms with Crippen molar-refractivity contribution in [3.63, 3.8) is 0 Å². The van der Waals surface area contributed by atoms with Gasteiger partial charge in [0, 0.05) is 18.2 Å². The van der Waals surface area contributed by atoms with Crippen LogP contribution in [0.4, 0.5) is 0 Å². The van der Waals surface area contributed by atoms with Crippen LogP contribution in [-0.4, -0.2) is 23.4 Å². The summed E-state index contributed by atoms with van der Waals surface area (Å²) >= 11 is 0. The molecule has 0 N–H and O–H groups in total. The Morgan fingerprint density at radius 3 is 2.70 bits per heavy atom. The highest BCUT2D eigenvalue weighted by atomic mass is 16.2. The van der Waals surface area contributed by atoms with Crippen LogP contribution in [0, 0.1) is 0 Å². The van der Waals surface area contributed by atoms with Crippen molar-refractivity contribution in [2.45, 2.75) is 25.3 Å². The third kappa shape index (κ3) is 1.75. The van der Waals surface area contributed by atoms with Gasteiger partial charge >= 0.3 is 0 Å². The number of carbonyl (C=O) groups is 1. The standard InChI is InChI=1S/C18H17NO/c20-18-17-9-8-14(13-5-2-1-3-6-13)11-15(17)12-16-7-4-10-19(16)18/h1-3,5-6,8-9,11,16H,4,7,10,12H2. The summed E-state index contributed by atoms with van der Waals surface area (Å²) in [5, 5.41) is 0. The molecule has 1 unspecified atom stereocenters. The zero-order chi connectivity index (χ0) is 13.5. The maximum atomic E-state index is 12.5. The van der Waals surface area contributed by atoms with E-state index in [1.807, 2.05) is 12.1 Å². The second-order valence-corrected chi connectivity index (χ2v) is 5.74. The molecule has 0 bridgehead atoms. The van der Waals surface area contributed by atoms with Crippen molar-refractivity contribution < 1.29 is 4.79 Å². The molecule has 2 nitrogen and oxygen atoms in total. The van der Waals surface area contributed by atoms with Gasteiger partial charge in [0.2, 0.25) is 0 Å². The van der Waals surface area contributed by atoms with Crippen LogP contribution < -0.4 is 0 Å². The van der Waals surface area contributed by atoms with Crippen molar-refractivity contribution >= 4 is 5.91 Å². The van der Waals surface area contributed by atoms with Crippen LogP contribution in [-0.2, 0) is 6.42 Å². The van der Waals surface area contributed by atoms with E-state index in [1.165, 1.54) is 16.7 Å². The molecule has 1 amide bonds. The molecule has 0 radical (unpaired) electrons. The fraction of sp³-hybridized carbons (Fsp3) is 0.278. The van der Waals surface area contributed by atoms with E-state index in [-0.39, 0.29) is 5.91 Å². The monoisotopic (exact) mass is 263 g/mol. The van der Waals surface area contributed by atoms with E-state index in [4.69, 9.17) is 0 Å². The van der Waals surface area contributed by atoms with Gasteiger partial charge in [-0.3, -0.25) is 4.79 Å². The first-order valence-corrected chi connectivity index (χ1v) is 7.32. The third-order valence-electron chi connectivity index (χ3n) is 4.54. The number of rotatable bonds is 1. The van der Waals surface area contributed by atoms with Crippen molar-refractivity contribution in [2.75, 3.05) is 6.54 Å². The van der Waals surface area contributed by atoms with Crippen LogP contribution in [0.5, 0.6) is 0 Å². The third-order valence-corrected chi connectivity index (χ3v) is 4.54. The number of carbonyl (C=O) groups excluding carboxylic acids is 1. The number of benzene rings is 2. The van der Waals surface area contributed by atoms with Gasteiger partial charge in [-0.15, -0.1) is 0 Å². The minimum Gasteiger partial charge on any atom is -0.335 e. The first kappa shape index (κ1) is 11.7. The second-order valence-electron chi connectivity index (χ2n) is 5.74. The topological polar surface area (TPSA) is 20.3 Å². The van der Waals surface area contributed by atoms with Crippen molar-refractivity contribution in [3.05, 3.63) is 59.7 Å². The van der Waals surface area contributed by atoms with Gasteiger partial charge in [0.1, 0.15) is 0 Å². The Kier molecular flexibility index (Phi) is 2.62. The van der Waals surface area contributed by atoms with Gasteiger partial charge in [-0.2, -0.15) is 0 Å². The summed E-state index contributed by atoms with van der Waals surface area (Å²) in [6, 6.07) is 17.1. The molecule has 2 heteroatoms. The molecule has 1 fully saturated rings. The first-order valence-electron chi connectivity index (χ1n) is 7.32. The molecule has 20 heavy (non-hydrogen) atoms. The Labute approximate surface area is 119 Å². The predicted molar refractivity (Wildman–Crippen MR) is 79.6 cm³/mol. The second kappa shape index (κ2) is 4.48. The van der Waals surface area contributed by atoms with E-state index in [2.05, 4.69) is 41.3 Å². The Hall–Kier alpha value is -2.09. The minimum absolute atomic E-state index is 0.230. The van der Waals surface area contributed by atoms with Crippen LogP contribution in [0.2, 0.25) is 0 Å². The molecule has 0 aliphatic carbocycles. The predicted octanol–water partition coefficient (Wildman–Crippen LogP) is 3.51. The quantitative estimate of drug-likeness (QED) is 0.771. The van der Waals surface area contributed by atoms with E-state index < -0.39 is 0 Å². The summed E-state index contributed by atoms with van der Waals surface area (Å²) in [7, 11) is 0. The van der Waals surface area contributed by atoms with Gasteiger partial charge in [0.05, 0.1) is 0 Å². The molecular formula is C18H17NO. The molecule has 2 aliphatic rings. The van der Waals surface area contributed by atoms with Crippen molar-refractivity contribution in [1.29, 1.82) is 0 Å². The Balaban J connectivity index is 1.77. The summed E-state index contributed by atoms with van der Waals surface area (Å²) in [5.41, 5.74) is 4.56. The van der Waals surface area contributed by atoms with Crippen LogP contribution in [0.1, 0.15) is 28.8 Å². The number of amides is 1. The molecule has 1 saturated heterocycles. The summed E-state index contributed by atoms with van der Waals surface area (Å²) in [6.45, 7) is 0.934. The lowest BCUT2D eigenvalue weighted by Crippen LogP contribution is -2.41. The lowest BCUT2D eigenvalue weighted by atomic mass is 9.91. The smallest absolute Gasteiger partial charge is 0.254 e. The van der Waals surface area contributed by atoms with E-state index in [1.54, 1.807) is 0 Å². The number of hydrogen-bond acceptors (Lipinski definition) is 1. The van der Waals surface area contributed by atoms with Gasteiger partial charge in [0.15, 0.2) is 0 Å². The SMILES string of the molecule is O=C1c2ccc(-c3ccccc3)cc2CC2CCCN12. The molecular weight excluding hydrogens is 246 g/mol. The maximum Gasteiger partial charge on any atom is 0.254 e. The first-order chi connectivity index (χ1) is 9.83. The Morgan fingerprint density at radius 1 is 1.00 bits per heavy atom. The Bertz CT molecular complexity index is 662. The summed E-state index contributed by atoms with van der Waals surface area (Å²) in [4.78, 5) is 14.5. The van der Waals surface area contributed by atoms with Crippen LogP contribution in [0.15, 0.2) is 48.5 Å². The van der Waals surface area contributed by atoms with Gasteiger partial charge < -0.3 is 4.90 Å². The normalized spacial score (nSPS) is 20.7. The van der Waals surface area contributed by atoms with Crippen LogP contribution in [0.25, 0.3) is 11.1 Å². The van der Waals surface area contributed by atoms with Crippen molar-refractivity contribution in [3.8, 4) is 11.1 Å². The number of fused-ring (bicyclic) bond motifs is 2. The maximum absolute atomic E-state index is 12.5. The fourth-order valence-electron chi connectivity index (χ4n) is 3.51. The molecule has 2 aromatic carbocycles. The van der Waals surface area contributed by atoms with Crippen molar-refractivity contribution in [1.82, 2.24) is 4.90 Å². The highest BCUT2D eigenvalue weighted by Crippen LogP contribution is 2.32. The fourth-order valence-corrected chi connectivity index (χ4v) is 3.51. The molecule has 0 spiro atoms. The van der Waals surface area contributed by atoms with E-state index in [0.29, 0.717) is 6.04 Å². The summed E-state index contributed by atoms with van der Waals surface area (Å²) in [5.74, 6) is 0.230. The minimum atomic E-state index is 0.230. The van der Waals surface area contributed by atoms with Crippen LogP contribution in [0.3, 0.4) is 0 Å². The van der Waals surface area contributed by atoms with Crippen LogP contribution >= 0.6 is 0 Å². The van der Waals surface area contributed by atoms with Gasteiger partial charge in [0.25, 0.3) is 5.91 Å². The number of nitrogens with zero attached hydrogens (tertiary/aromatic N) is 1. The molecule has 0 saturated carbocycles. The molecule has 4 rings (SSSR count). The molecule has 2 aliphatic heterocycles. The molecule has 100 valence electrons. The lowest BCUT2D eigenvalue weighted by Gasteiger charge is -2.31. The summed E-state index contributed by atoms with van der Waals surface area (Å²) < 4.78 is 0. The van der Waals surface area contributed by atoms with Gasteiger partial charge in [-0.1, -0.05) is 42.5 Å². The van der Waals surface area contributed by atoms with Gasteiger partial charge in [-0.05, 0) is 42.0 Å². The van der Waals surface area contributed by atoms with E-state index in [0.717, 1.165) is 31.4 Å². The van der Waals surface area contributed by atoms with E-state index in [9.17, 15) is 4.79 Å². The highest BCUT2D eigenvalue weighted by Gasteiger charge is 2.35. The molecule has 1 atom stereocenters. The highest BCUT2D eigenvalue weighted by molar-refractivity contribution is 5.98. The summed E-state index contributed by atoms with van der Waals surface area (Å²) in [6.07, 6.45) is 3.32. The zero-order valence-corrected chi connectivity index (χ0v) is 11.4. The largest absolute Gasteiger partial charge is 0.335 e. The van der Waals surface area contributed by atoms with Gasteiger partial charge in [-0.25, -0.2) is 0 Å². The lowest BCUT2D eigenvalue weighted by molar-refractivity contribution is 0.0714. The van der Waals surface area contributed by atoms with Crippen molar-refractivity contribution in [2.24, 2.45) is 0 Å². The zero-order valence-electron chi connectivity index (χ0n) is 11.4. The molecule has 2 aromatic rings. The molecule has 0 aromatic heterocycles. The molecule has 2 heterocycles. The average Bonchev–Trinajstić information content (AvgIpc) is 2.96. The van der Waals surface area contributed by atoms with E-state index >= 15 is 0 Å². The number of hydrogen-bond donors (Lipinski definition) is 0. The Morgan fingerprint density at radius 2 is 1.85 bits per heavy atom. The average molecular weight is 263 g/mol.